The number of carbonyl (C=O) groups excluding carboxylic acids is 1. The first-order valence-electron chi connectivity index (χ1n) is 7.77. The van der Waals surface area contributed by atoms with Crippen molar-refractivity contribution in [2.24, 2.45) is 0 Å². The number of anilines is 1. The van der Waals surface area contributed by atoms with Crippen LogP contribution in [0.15, 0.2) is 45.1 Å². The second-order valence-electron chi connectivity index (χ2n) is 5.36. The molecule has 1 amide bonds. The third-order valence-corrected chi connectivity index (χ3v) is 4.40. The fourth-order valence-electron chi connectivity index (χ4n) is 2.34. The predicted molar refractivity (Wildman–Crippen MR) is 98.6 cm³/mol. The van der Waals surface area contributed by atoms with E-state index in [0.717, 1.165) is 11.0 Å². The molecule has 26 heavy (non-hydrogen) atoms. The maximum Gasteiger partial charge on any atom is 0.329 e. The number of imidazole rings is 1. The van der Waals surface area contributed by atoms with Crippen LogP contribution in [-0.2, 0) is 16.1 Å². The first-order chi connectivity index (χ1) is 12.6. The van der Waals surface area contributed by atoms with Gasteiger partial charge in [0, 0.05) is 13.2 Å². The van der Waals surface area contributed by atoms with Gasteiger partial charge in [-0.25, -0.2) is 9.78 Å². The lowest BCUT2D eigenvalue weighted by Gasteiger charge is -2.12. The number of nitrogens with zero attached hydrogens (tertiary/aromatic N) is 2. The van der Waals surface area contributed by atoms with Gasteiger partial charge in [0.15, 0.2) is 5.16 Å². The van der Waals surface area contributed by atoms with Gasteiger partial charge in [0.25, 0.3) is 5.56 Å². The number of aromatic nitrogens is 4. The quantitative estimate of drug-likeness (QED) is 0.525. The maximum atomic E-state index is 12.2. The molecule has 9 nitrogen and oxygen atoms in total. The second-order valence-corrected chi connectivity index (χ2v) is 6.33. The molecule has 0 aliphatic heterocycles. The summed E-state index contributed by atoms with van der Waals surface area (Å²) in [6, 6.07) is 8.73. The molecule has 3 rings (SSSR count). The number of carbonyl (C=O) groups is 1. The minimum absolute atomic E-state index is 0.0745. The number of H-pyrrole nitrogens is 2. The summed E-state index contributed by atoms with van der Waals surface area (Å²) in [6.07, 6.45) is 0. The van der Waals surface area contributed by atoms with Gasteiger partial charge in [-0.2, -0.15) is 0 Å². The van der Waals surface area contributed by atoms with Crippen LogP contribution in [0.4, 0.5) is 5.82 Å². The van der Waals surface area contributed by atoms with E-state index in [1.807, 2.05) is 24.3 Å². The lowest BCUT2D eigenvalue weighted by molar-refractivity contribution is -0.113. The summed E-state index contributed by atoms with van der Waals surface area (Å²) < 4.78 is 6.19. The Morgan fingerprint density at radius 3 is 2.88 bits per heavy atom. The van der Waals surface area contributed by atoms with E-state index < -0.39 is 11.2 Å². The third kappa shape index (κ3) is 4.21. The molecule has 0 spiro atoms. The average molecular weight is 375 g/mol. The molecule has 0 unspecified atom stereocenters. The van der Waals surface area contributed by atoms with Crippen molar-refractivity contribution in [1.29, 1.82) is 0 Å². The molecule has 1 aromatic carbocycles. The molecule has 0 bridgehead atoms. The minimum Gasteiger partial charge on any atom is -0.383 e. The normalized spacial score (nSPS) is 11.0. The summed E-state index contributed by atoms with van der Waals surface area (Å²) in [6.45, 7) is 0.473. The fraction of sp³-hybridized carbons (Fsp3) is 0.250. The number of methoxy groups -OCH3 is 1. The van der Waals surface area contributed by atoms with Crippen LogP contribution in [0, 0.1) is 0 Å². The number of hydrogen-bond donors (Lipinski definition) is 3. The van der Waals surface area contributed by atoms with Crippen molar-refractivity contribution >= 4 is 34.5 Å². The Bertz CT molecular complexity index is 1010. The number of aromatic amines is 2. The summed E-state index contributed by atoms with van der Waals surface area (Å²) in [5.41, 5.74) is 0.524. The summed E-state index contributed by atoms with van der Waals surface area (Å²) in [4.78, 5) is 45.3. The van der Waals surface area contributed by atoms with E-state index in [1.165, 1.54) is 29.5 Å². The molecule has 10 heteroatoms. The molecule has 0 radical (unpaired) electrons. The molecule has 2 heterocycles. The third-order valence-electron chi connectivity index (χ3n) is 3.53. The smallest absolute Gasteiger partial charge is 0.329 e. The Hall–Kier alpha value is -2.85. The van der Waals surface area contributed by atoms with E-state index in [2.05, 4.69) is 20.3 Å². The van der Waals surface area contributed by atoms with Crippen LogP contribution < -0.4 is 16.6 Å². The van der Waals surface area contributed by atoms with Crippen molar-refractivity contribution in [3.05, 3.63) is 51.2 Å². The summed E-state index contributed by atoms with van der Waals surface area (Å²) in [7, 11) is 1.50. The largest absolute Gasteiger partial charge is 0.383 e. The molecule has 0 saturated heterocycles. The number of ether oxygens (including phenoxy) is 1. The van der Waals surface area contributed by atoms with Crippen molar-refractivity contribution in [3.8, 4) is 0 Å². The zero-order valence-electron chi connectivity index (χ0n) is 13.9. The van der Waals surface area contributed by atoms with E-state index in [0.29, 0.717) is 5.16 Å². The number of amides is 1. The summed E-state index contributed by atoms with van der Waals surface area (Å²) in [5, 5.41) is 3.21. The van der Waals surface area contributed by atoms with Gasteiger partial charge >= 0.3 is 5.69 Å². The molecule has 3 N–H and O–H groups in total. The Morgan fingerprint density at radius 1 is 1.31 bits per heavy atom. The van der Waals surface area contributed by atoms with E-state index in [-0.39, 0.29) is 30.6 Å². The number of rotatable bonds is 7. The molecule has 2 aromatic heterocycles. The van der Waals surface area contributed by atoms with E-state index >= 15 is 0 Å². The van der Waals surface area contributed by atoms with Crippen molar-refractivity contribution < 1.29 is 9.53 Å². The lowest BCUT2D eigenvalue weighted by atomic mass is 10.3. The monoisotopic (exact) mass is 375 g/mol. The molecular weight excluding hydrogens is 358 g/mol. The van der Waals surface area contributed by atoms with Gasteiger partial charge in [0.1, 0.15) is 5.82 Å². The lowest BCUT2D eigenvalue weighted by Crippen LogP contribution is -2.34. The van der Waals surface area contributed by atoms with Gasteiger partial charge in [-0.05, 0) is 12.1 Å². The van der Waals surface area contributed by atoms with Gasteiger partial charge < -0.3 is 15.0 Å². The fourth-order valence-corrected chi connectivity index (χ4v) is 3.02. The van der Waals surface area contributed by atoms with Crippen molar-refractivity contribution in [1.82, 2.24) is 19.5 Å². The van der Waals surface area contributed by atoms with Gasteiger partial charge in [0.2, 0.25) is 5.91 Å². The van der Waals surface area contributed by atoms with Crippen molar-refractivity contribution in [2.45, 2.75) is 11.7 Å². The van der Waals surface area contributed by atoms with Gasteiger partial charge in [0.05, 0.1) is 29.9 Å². The van der Waals surface area contributed by atoms with Gasteiger partial charge in [-0.1, -0.05) is 23.9 Å². The Morgan fingerprint density at radius 2 is 2.12 bits per heavy atom. The highest BCUT2D eigenvalue weighted by atomic mass is 32.2. The zero-order chi connectivity index (χ0) is 18.5. The first kappa shape index (κ1) is 18.0. The Balaban J connectivity index is 1.69. The van der Waals surface area contributed by atoms with Crippen LogP contribution in [0.25, 0.3) is 11.0 Å². The number of hydrogen-bond acceptors (Lipinski definition) is 6. The first-order valence-corrected chi connectivity index (χ1v) is 8.76. The number of benzene rings is 1. The molecule has 0 aliphatic rings. The van der Waals surface area contributed by atoms with Crippen LogP contribution in [0.5, 0.6) is 0 Å². The minimum atomic E-state index is -0.602. The molecular formula is C16H17N5O4S. The highest BCUT2D eigenvalue weighted by Gasteiger charge is 2.11. The Labute approximate surface area is 151 Å². The van der Waals surface area contributed by atoms with Crippen LogP contribution >= 0.6 is 11.8 Å². The molecule has 0 atom stereocenters. The standard InChI is InChI=1S/C16H17N5O4S/c1-25-7-6-21-12(8-13(22)20-16(21)24)19-14(23)9-26-15-17-10-4-2-3-5-11(10)18-15/h2-5,8H,6-7,9H2,1H3,(H,17,18)(H,19,23)(H,20,22,24). The van der Waals surface area contributed by atoms with Gasteiger partial charge in [-0.3, -0.25) is 19.1 Å². The number of para-hydroxylation sites is 2. The molecule has 3 aromatic rings. The molecule has 0 aliphatic carbocycles. The van der Waals surface area contributed by atoms with Crippen molar-refractivity contribution in [2.75, 3.05) is 24.8 Å². The Kier molecular flexibility index (Phi) is 5.54. The molecule has 0 fully saturated rings. The number of nitrogens with one attached hydrogen (secondary N) is 3. The van der Waals surface area contributed by atoms with Crippen molar-refractivity contribution in [3.63, 3.8) is 0 Å². The summed E-state index contributed by atoms with van der Waals surface area (Å²) >= 11 is 1.23. The van der Waals surface area contributed by atoms with Crippen LogP contribution in [0.1, 0.15) is 0 Å². The van der Waals surface area contributed by atoms with E-state index in [4.69, 9.17) is 4.74 Å². The van der Waals surface area contributed by atoms with Crippen LogP contribution in [-0.4, -0.2) is 44.9 Å². The molecule has 0 saturated carbocycles. The van der Waals surface area contributed by atoms with E-state index in [9.17, 15) is 14.4 Å². The van der Waals surface area contributed by atoms with Crippen LogP contribution in [0.2, 0.25) is 0 Å². The average Bonchev–Trinajstić information content (AvgIpc) is 3.02. The highest BCUT2D eigenvalue weighted by molar-refractivity contribution is 7.99. The van der Waals surface area contributed by atoms with Gasteiger partial charge in [-0.15, -0.1) is 0 Å². The maximum absolute atomic E-state index is 12.2. The number of thioether (sulfide) groups is 1. The molecule has 136 valence electrons. The topological polar surface area (TPSA) is 122 Å². The SMILES string of the molecule is COCCn1c(NC(=O)CSc2nc3ccccc3[nH]2)cc(=O)[nH]c1=O. The van der Waals surface area contributed by atoms with Crippen LogP contribution in [0.3, 0.4) is 0 Å². The summed E-state index contributed by atoms with van der Waals surface area (Å²) in [5.74, 6) is -0.150. The van der Waals surface area contributed by atoms with E-state index in [1.54, 1.807) is 0 Å². The zero-order valence-corrected chi connectivity index (χ0v) is 14.8. The highest BCUT2D eigenvalue weighted by Crippen LogP contribution is 2.19. The second kappa shape index (κ2) is 8.02. The number of fused-ring (bicyclic) bond motifs is 1. The predicted octanol–water partition coefficient (Wildman–Crippen LogP) is 0.790.